The Morgan fingerprint density at radius 3 is 2.31 bits per heavy atom. The van der Waals surface area contributed by atoms with Crippen molar-refractivity contribution in [2.45, 2.75) is 44.7 Å². The van der Waals surface area contributed by atoms with E-state index in [2.05, 4.69) is 10.00 Å². The molecule has 0 saturated heterocycles. The summed E-state index contributed by atoms with van der Waals surface area (Å²) in [6.07, 6.45) is 5.59. The van der Waals surface area contributed by atoms with E-state index in [0.717, 1.165) is 42.5 Å². The van der Waals surface area contributed by atoms with Gasteiger partial charge in [-0.25, -0.2) is 9.48 Å². The lowest BCUT2D eigenvalue weighted by atomic mass is 9.95. The van der Waals surface area contributed by atoms with Gasteiger partial charge >= 0.3 is 5.97 Å². The van der Waals surface area contributed by atoms with Crippen molar-refractivity contribution >= 4 is 22.8 Å². The molecule has 4 aromatic rings. The minimum absolute atomic E-state index is 0.116. The number of rotatable bonds is 6. The molecule has 1 amide bonds. The van der Waals surface area contributed by atoms with Crippen LogP contribution in [0.2, 0.25) is 0 Å². The second kappa shape index (κ2) is 10.2. The Kier molecular flexibility index (Phi) is 6.71. The Labute approximate surface area is 209 Å². The summed E-state index contributed by atoms with van der Waals surface area (Å²) in [6.45, 7) is 0.301. The zero-order valence-corrected chi connectivity index (χ0v) is 20.3. The maximum Gasteiger partial charge on any atom is 0.337 e. The average molecular weight is 484 g/mol. The Morgan fingerprint density at radius 1 is 0.917 bits per heavy atom. The first kappa shape index (κ1) is 23.6. The number of ether oxygens (including phenoxy) is 1. The van der Waals surface area contributed by atoms with Gasteiger partial charge < -0.3 is 10.1 Å². The van der Waals surface area contributed by atoms with E-state index < -0.39 is 5.97 Å². The van der Waals surface area contributed by atoms with Gasteiger partial charge in [0, 0.05) is 12.1 Å². The lowest BCUT2D eigenvalue weighted by molar-refractivity contribution is 0.0600. The molecule has 3 aromatic carbocycles. The molecular formula is C29H29N3O4. The van der Waals surface area contributed by atoms with Crippen molar-refractivity contribution in [3.05, 3.63) is 99.8 Å². The third-order valence-corrected chi connectivity index (χ3v) is 6.89. The van der Waals surface area contributed by atoms with Gasteiger partial charge in [0.1, 0.15) is 0 Å². The van der Waals surface area contributed by atoms with Crippen LogP contribution in [0.4, 0.5) is 0 Å². The summed E-state index contributed by atoms with van der Waals surface area (Å²) in [6, 6.07) is 22.2. The fraction of sp³-hybridized carbons (Fsp3) is 0.276. The Bertz CT molecular complexity index is 1450. The first-order valence-corrected chi connectivity index (χ1v) is 12.3. The van der Waals surface area contributed by atoms with Crippen molar-refractivity contribution in [2.75, 3.05) is 7.11 Å². The molecule has 1 aromatic heterocycles. The molecule has 0 aliphatic heterocycles. The van der Waals surface area contributed by atoms with Crippen LogP contribution in [0, 0.1) is 0 Å². The number of carbonyl (C=O) groups excluding carboxylic acids is 2. The molecule has 1 aliphatic carbocycles. The third-order valence-electron chi connectivity index (χ3n) is 6.89. The van der Waals surface area contributed by atoms with Crippen LogP contribution in [0.15, 0.2) is 77.6 Å². The van der Waals surface area contributed by atoms with E-state index in [0.29, 0.717) is 23.1 Å². The lowest BCUT2D eigenvalue weighted by Crippen LogP contribution is -2.25. The van der Waals surface area contributed by atoms with E-state index in [1.807, 2.05) is 36.4 Å². The van der Waals surface area contributed by atoms with Crippen molar-refractivity contribution in [3.63, 3.8) is 0 Å². The van der Waals surface area contributed by atoms with Crippen molar-refractivity contribution in [1.82, 2.24) is 14.7 Å². The summed E-state index contributed by atoms with van der Waals surface area (Å²) in [4.78, 5) is 38.2. The number of aromatic nitrogens is 2. The molecule has 7 nitrogen and oxygen atoms in total. The SMILES string of the molecule is COC(=O)c1ccc(CNC(=O)c2ccc3c(c2)c(=O)n(-c2ccccc2)n3C2CCCCC2)cc1. The van der Waals surface area contributed by atoms with Crippen LogP contribution >= 0.6 is 0 Å². The smallest absolute Gasteiger partial charge is 0.337 e. The van der Waals surface area contributed by atoms with Gasteiger partial charge in [-0.15, -0.1) is 0 Å². The zero-order valence-electron chi connectivity index (χ0n) is 20.3. The fourth-order valence-corrected chi connectivity index (χ4v) is 5.03. The molecule has 0 unspecified atom stereocenters. The predicted octanol–water partition coefficient (Wildman–Crippen LogP) is 5.01. The standard InChI is InChI=1S/C29H29N3O4/c1-36-29(35)21-14-12-20(13-15-21)19-30-27(33)22-16-17-26-25(18-22)28(34)32(24-10-6-3-7-11-24)31(26)23-8-4-2-5-9-23/h3,6-7,10-18,23H,2,4-5,8-9,19H2,1H3,(H,30,33). The number of esters is 1. The highest BCUT2D eigenvalue weighted by atomic mass is 16.5. The van der Waals surface area contributed by atoms with Gasteiger partial charge in [-0.1, -0.05) is 49.6 Å². The van der Waals surface area contributed by atoms with Crippen LogP contribution in [0.3, 0.4) is 0 Å². The summed E-state index contributed by atoms with van der Waals surface area (Å²) in [5.41, 5.74) is 3.31. The van der Waals surface area contributed by atoms with Crippen molar-refractivity contribution in [3.8, 4) is 5.69 Å². The Balaban J connectivity index is 1.44. The van der Waals surface area contributed by atoms with Crippen LogP contribution < -0.4 is 10.9 Å². The Hall–Kier alpha value is -4.13. The topological polar surface area (TPSA) is 82.3 Å². The molecule has 5 rings (SSSR count). The fourth-order valence-electron chi connectivity index (χ4n) is 5.03. The van der Waals surface area contributed by atoms with Gasteiger partial charge in [0.15, 0.2) is 0 Å². The predicted molar refractivity (Wildman–Crippen MR) is 139 cm³/mol. The maximum atomic E-state index is 13.6. The molecule has 184 valence electrons. The molecule has 1 saturated carbocycles. The first-order valence-electron chi connectivity index (χ1n) is 12.3. The number of hydrogen-bond acceptors (Lipinski definition) is 4. The molecular weight excluding hydrogens is 454 g/mol. The molecule has 0 atom stereocenters. The molecule has 1 N–H and O–H groups in total. The van der Waals surface area contributed by atoms with E-state index in [1.54, 1.807) is 41.1 Å². The second-order valence-corrected chi connectivity index (χ2v) is 9.19. The molecule has 36 heavy (non-hydrogen) atoms. The molecule has 0 bridgehead atoms. The average Bonchev–Trinajstić information content (AvgIpc) is 3.24. The van der Waals surface area contributed by atoms with Crippen LogP contribution in [-0.4, -0.2) is 28.3 Å². The van der Waals surface area contributed by atoms with Crippen LogP contribution in [0.25, 0.3) is 16.6 Å². The van der Waals surface area contributed by atoms with E-state index >= 15 is 0 Å². The summed E-state index contributed by atoms with van der Waals surface area (Å²) < 4.78 is 8.62. The normalized spacial score (nSPS) is 14.0. The number of nitrogens with one attached hydrogen (secondary N) is 1. The van der Waals surface area contributed by atoms with E-state index in [1.165, 1.54) is 13.5 Å². The molecule has 7 heteroatoms. The third kappa shape index (κ3) is 4.56. The summed E-state index contributed by atoms with van der Waals surface area (Å²) in [5, 5.41) is 3.45. The maximum absolute atomic E-state index is 13.6. The van der Waals surface area contributed by atoms with Crippen molar-refractivity contribution in [1.29, 1.82) is 0 Å². The van der Waals surface area contributed by atoms with Gasteiger partial charge in [0.2, 0.25) is 0 Å². The number of nitrogens with zero attached hydrogens (tertiary/aromatic N) is 2. The van der Waals surface area contributed by atoms with Crippen molar-refractivity contribution < 1.29 is 14.3 Å². The molecule has 0 radical (unpaired) electrons. The number of para-hydroxylation sites is 1. The molecule has 0 spiro atoms. The number of hydrogen-bond donors (Lipinski definition) is 1. The van der Waals surface area contributed by atoms with Crippen LogP contribution in [0.1, 0.15) is 64.4 Å². The van der Waals surface area contributed by atoms with E-state index in [4.69, 9.17) is 4.74 Å². The van der Waals surface area contributed by atoms with Gasteiger partial charge in [-0.3, -0.25) is 14.3 Å². The van der Waals surface area contributed by atoms with Crippen LogP contribution in [0.5, 0.6) is 0 Å². The second-order valence-electron chi connectivity index (χ2n) is 9.19. The molecule has 1 aliphatic rings. The van der Waals surface area contributed by atoms with Crippen LogP contribution in [-0.2, 0) is 11.3 Å². The lowest BCUT2D eigenvalue weighted by Gasteiger charge is -2.26. The minimum Gasteiger partial charge on any atom is -0.465 e. The molecule has 1 fully saturated rings. The van der Waals surface area contributed by atoms with Gasteiger partial charge in [-0.2, -0.15) is 0 Å². The number of fused-ring (bicyclic) bond motifs is 1. The van der Waals surface area contributed by atoms with E-state index in [9.17, 15) is 14.4 Å². The highest BCUT2D eigenvalue weighted by Gasteiger charge is 2.24. The summed E-state index contributed by atoms with van der Waals surface area (Å²) in [7, 11) is 1.34. The first-order chi connectivity index (χ1) is 17.6. The van der Waals surface area contributed by atoms with Gasteiger partial charge in [0.25, 0.3) is 11.5 Å². The minimum atomic E-state index is -0.403. The quantitative estimate of drug-likeness (QED) is 0.391. The van der Waals surface area contributed by atoms with E-state index in [-0.39, 0.29) is 17.5 Å². The highest BCUT2D eigenvalue weighted by molar-refractivity contribution is 5.98. The number of amides is 1. The monoisotopic (exact) mass is 483 g/mol. The zero-order chi connectivity index (χ0) is 25.1. The van der Waals surface area contributed by atoms with Gasteiger partial charge in [0.05, 0.1) is 35.3 Å². The summed E-state index contributed by atoms with van der Waals surface area (Å²) >= 11 is 0. The number of methoxy groups -OCH3 is 1. The Morgan fingerprint density at radius 2 is 1.61 bits per heavy atom. The number of carbonyl (C=O) groups is 2. The van der Waals surface area contributed by atoms with Crippen molar-refractivity contribution in [2.24, 2.45) is 0 Å². The van der Waals surface area contributed by atoms with Gasteiger partial charge in [-0.05, 0) is 60.9 Å². The largest absolute Gasteiger partial charge is 0.465 e. The molecule has 1 heterocycles. The summed E-state index contributed by atoms with van der Waals surface area (Å²) in [5.74, 6) is -0.662. The number of benzene rings is 3. The highest BCUT2D eigenvalue weighted by Crippen LogP contribution is 2.31.